The lowest BCUT2D eigenvalue weighted by Crippen LogP contribution is -2.45. The molecule has 0 aromatic heterocycles. The molecule has 1 aliphatic rings. The van der Waals surface area contributed by atoms with E-state index in [9.17, 15) is 9.18 Å². The molecular formula is C25H34FN3OS. The minimum Gasteiger partial charge on any atom is -0.354 e. The van der Waals surface area contributed by atoms with E-state index in [4.69, 9.17) is 0 Å². The van der Waals surface area contributed by atoms with Crippen molar-refractivity contribution in [3.63, 3.8) is 0 Å². The van der Waals surface area contributed by atoms with Gasteiger partial charge in [-0.25, -0.2) is 4.39 Å². The van der Waals surface area contributed by atoms with Gasteiger partial charge in [-0.05, 0) is 54.3 Å². The number of likely N-dealkylation sites (tertiary alicyclic amines) is 1. The third kappa shape index (κ3) is 7.06. The number of carbonyl (C=O) groups excluding carboxylic acids is 1. The number of amides is 1. The van der Waals surface area contributed by atoms with Crippen LogP contribution in [0.3, 0.4) is 0 Å². The molecule has 168 valence electrons. The van der Waals surface area contributed by atoms with E-state index in [0.717, 1.165) is 26.1 Å². The second-order valence-corrected chi connectivity index (χ2v) is 9.54. The lowest BCUT2D eigenvalue weighted by Gasteiger charge is -2.25. The molecule has 0 unspecified atom stereocenters. The van der Waals surface area contributed by atoms with Crippen LogP contribution in [0.5, 0.6) is 0 Å². The second-order valence-electron chi connectivity index (χ2n) is 8.66. The van der Waals surface area contributed by atoms with Crippen molar-refractivity contribution in [3.05, 3.63) is 65.5 Å². The molecule has 0 bridgehead atoms. The van der Waals surface area contributed by atoms with E-state index >= 15 is 0 Å². The van der Waals surface area contributed by atoms with Crippen LogP contribution in [0.2, 0.25) is 0 Å². The Bertz CT molecular complexity index is 843. The first-order valence-corrected chi connectivity index (χ1v) is 12.3. The van der Waals surface area contributed by atoms with E-state index in [-0.39, 0.29) is 23.8 Å². The molecule has 2 N–H and O–H groups in total. The molecular weight excluding hydrogens is 409 g/mol. The van der Waals surface area contributed by atoms with Gasteiger partial charge in [0.2, 0.25) is 5.91 Å². The summed E-state index contributed by atoms with van der Waals surface area (Å²) in [5, 5.41) is 6.67. The summed E-state index contributed by atoms with van der Waals surface area (Å²) in [4.78, 5) is 16.5. The van der Waals surface area contributed by atoms with Crippen LogP contribution in [0.4, 0.5) is 4.39 Å². The molecule has 2 aromatic carbocycles. The van der Waals surface area contributed by atoms with Gasteiger partial charge in [0.15, 0.2) is 0 Å². The number of nitrogens with one attached hydrogen (secondary N) is 2. The zero-order valence-corrected chi connectivity index (χ0v) is 19.6. The molecule has 3 rings (SSSR count). The van der Waals surface area contributed by atoms with Crippen molar-refractivity contribution in [3.8, 4) is 0 Å². The van der Waals surface area contributed by atoms with Gasteiger partial charge in [-0.15, -0.1) is 11.8 Å². The molecule has 1 heterocycles. The Morgan fingerprint density at radius 2 is 1.94 bits per heavy atom. The number of nitrogens with zero attached hydrogens (tertiary/aromatic N) is 1. The van der Waals surface area contributed by atoms with Gasteiger partial charge in [0.05, 0.1) is 6.04 Å². The Kier molecular flexibility index (Phi) is 8.93. The van der Waals surface area contributed by atoms with E-state index < -0.39 is 0 Å². The SMILES string of the molecule is CSc1ccc(CN[C@H]2C[C@@H](C(=O)NCCc3ccccc3F)N(CC(C)C)C2)cc1. The van der Waals surface area contributed by atoms with E-state index in [1.165, 1.54) is 16.5 Å². The van der Waals surface area contributed by atoms with Gasteiger partial charge in [-0.2, -0.15) is 0 Å². The van der Waals surface area contributed by atoms with Crippen LogP contribution in [-0.2, 0) is 17.8 Å². The van der Waals surface area contributed by atoms with E-state index in [1.807, 2.05) is 6.07 Å². The monoisotopic (exact) mass is 443 g/mol. The summed E-state index contributed by atoms with van der Waals surface area (Å²) in [6.45, 7) is 7.38. The quantitative estimate of drug-likeness (QED) is 0.543. The number of rotatable bonds is 10. The molecule has 31 heavy (non-hydrogen) atoms. The third-order valence-electron chi connectivity index (χ3n) is 5.71. The van der Waals surface area contributed by atoms with Crippen LogP contribution in [-0.4, -0.2) is 48.8 Å². The van der Waals surface area contributed by atoms with E-state index in [2.05, 4.69) is 59.9 Å². The summed E-state index contributed by atoms with van der Waals surface area (Å²) in [5.74, 6) is 0.325. The van der Waals surface area contributed by atoms with Gasteiger partial charge in [-0.1, -0.05) is 44.2 Å². The van der Waals surface area contributed by atoms with Gasteiger partial charge in [-0.3, -0.25) is 9.69 Å². The Labute approximate surface area is 190 Å². The normalized spacial score (nSPS) is 19.1. The highest BCUT2D eigenvalue weighted by Crippen LogP contribution is 2.21. The number of carbonyl (C=O) groups is 1. The van der Waals surface area contributed by atoms with Crippen molar-refractivity contribution in [2.75, 3.05) is 25.9 Å². The molecule has 1 saturated heterocycles. The Morgan fingerprint density at radius 1 is 1.19 bits per heavy atom. The van der Waals surface area contributed by atoms with E-state index in [0.29, 0.717) is 24.4 Å². The fraction of sp³-hybridized carbons (Fsp3) is 0.480. The highest BCUT2D eigenvalue weighted by Gasteiger charge is 2.36. The second kappa shape index (κ2) is 11.7. The van der Waals surface area contributed by atoms with Crippen molar-refractivity contribution in [1.82, 2.24) is 15.5 Å². The number of hydrogen-bond donors (Lipinski definition) is 2. The predicted octanol–water partition coefficient (Wildman–Crippen LogP) is 4.10. The van der Waals surface area contributed by atoms with Crippen LogP contribution < -0.4 is 10.6 Å². The lowest BCUT2D eigenvalue weighted by atomic mass is 10.1. The summed E-state index contributed by atoms with van der Waals surface area (Å²) in [6, 6.07) is 15.5. The smallest absolute Gasteiger partial charge is 0.237 e. The molecule has 6 heteroatoms. The molecule has 0 aliphatic carbocycles. The summed E-state index contributed by atoms with van der Waals surface area (Å²) in [5.41, 5.74) is 1.89. The Hall–Kier alpha value is -1.89. The maximum absolute atomic E-state index is 13.8. The van der Waals surface area contributed by atoms with Crippen LogP contribution in [0.1, 0.15) is 31.4 Å². The summed E-state index contributed by atoms with van der Waals surface area (Å²) in [7, 11) is 0. The first-order valence-electron chi connectivity index (χ1n) is 11.1. The van der Waals surface area contributed by atoms with Gasteiger partial charge in [0.25, 0.3) is 0 Å². The minimum atomic E-state index is -0.214. The van der Waals surface area contributed by atoms with Crippen molar-refractivity contribution >= 4 is 17.7 Å². The topological polar surface area (TPSA) is 44.4 Å². The number of halogens is 1. The van der Waals surface area contributed by atoms with Crippen LogP contribution in [0, 0.1) is 11.7 Å². The first kappa shape index (κ1) is 23.8. The van der Waals surface area contributed by atoms with Gasteiger partial charge >= 0.3 is 0 Å². The Morgan fingerprint density at radius 3 is 2.61 bits per heavy atom. The molecule has 1 amide bonds. The number of benzene rings is 2. The predicted molar refractivity (Wildman–Crippen MR) is 127 cm³/mol. The molecule has 4 nitrogen and oxygen atoms in total. The van der Waals surface area contributed by atoms with Gasteiger partial charge < -0.3 is 10.6 Å². The molecule has 2 aromatic rings. The zero-order valence-electron chi connectivity index (χ0n) is 18.7. The standard InChI is InChI=1S/C25H34FN3OS/c1-18(2)16-29-17-21(28-15-19-8-10-22(31-3)11-9-19)14-24(29)25(30)27-13-12-20-6-4-5-7-23(20)26/h4-11,18,21,24,28H,12-17H2,1-3H3,(H,27,30)/t21-,24-/m0/s1. The van der Waals surface area contributed by atoms with Gasteiger partial charge in [0.1, 0.15) is 5.82 Å². The van der Waals surface area contributed by atoms with Crippen molar-refractivity contribution in [1.29, 1.82) is 0 Å². The average Bonchev–Trinajstić information content (AvgIpc) is 3.16. The highest BCUT2D eigenvalue weighted by molar-refractivity contribution is 7.98. The molecule has 1 aliphatic heterocycles. The zero-order chi connectivity index (χ0) is 22.2. The van der Waals surface area contributed by atoms with Crippen LogP contribution in [0.25, 0.3) is 0 Å². The largest absolute Gasteiger partial charge is 0.354 e. The third-order valence-corrected chi connectivity index (χ3v) is 6.45. The first-order chi connectivity index (χ1) is 15.0. The summed E-state index contributed by atoms with van der Waals surface area (Å²) >= 11 is 1.74. The summed E-state index contributed by atoms with van der Waals surface area (Å²) in [6.07, 6.45) is 3.38. The van der Waals surface area contributed by atoms with Gasteiger partial charge in [0, 0.05) is 37.1 Å². The fourth-order valence-corrected chi connectivity index (χ4v) is 4.55. The maximum atomic E-state index is 13.8. The fourth-order valence-electron chi connectivity index (χ4n) is 4.14. The molecule has 0 saturated carbocycles. The lowest BCUT2D eigenvalue weighted by molar-refractivity contribution is -0.125. The molecule has 2 atom stereocenters. The molecule has 0 radical (unpaired) electrons. The average molecular weight is 444 g/mol. The number of hydrogen-bond acceptors (Lipinski definition) is 4. The Balaban J connectivity index is 1.53. The van der Waals surface area contributed by atoms with Crippen molar-refractivity contribution in [2.24, 2.45) is 5.92 Å². The van der Waals surface area contributed by atoms with Crippen LogP contribution in [0.15, 0.2) is 53.4 Å². The molecule has 1 fully saturated rings. The summed E-state index contributed by atoms with van der Waals surface area (Å²) < 4.78 is 13.8. The molecule has 0 spiro atoms. The highest BCUT2D eigenvalue weighted by atomic mass is 32.2. The minimum absolute atomic E-state index is 0.0469. The van der Waals surface area contributed by atoms with Crippen molar-refractivity contribution < 1.29 is 9.18 Å². The van der Waals surface area contributed by atoms with Crippen LogP contribution >= 0.6 is 11.8 Å². The van der Waals surface area contributed by atoms with Crippen molar-refractivity contribution in [2.45, 2.75) is 50.2 Å². The maximum Gasteiger partial charge on any atom is 0.237 e. The van der Waals surface area contributed by atoms with E-state index in [1.54, 1.807) is 23.9 Å². The number of thioether (sulfide) groups is 1.